The molecule has 1 heterocycles. The van der Waals surface area contributed by atoms with Crippen molar-refractivity contribution in [2.45, 2.75) is 32.7 Å². The molecule has 1 rings (SSSR count). The van der Waals surface area contributed by atoms with Gasteiger partial charge in [0.15, 0.2) is 0 Å². The van der Waals surface area contributed by atoms with Gasteiger partial charge in [0, 0.05) is 30.8 Å². The number of amides is 1. The fourth-order valence-corrected chi connectivity index (χ4v) is 2.18. The number of carbonyl (C=O) groups is 1. The monoisotopic (exact) mass is 211 g/mol. The Labute approximate surface area is 89.5 Å². The Balaban J connectivity index is 2.49. The minimum absolute atomic E-state index is 0.217. The topological polar surface area (TPSA) is 20.3 Å². The van der Waals surface area contributed by atoms with Gasteiger partial charge in [-0.2, -0.15) is 0 Å². The maximum absolute atomic E-state index is 11.4. The summed E-state index contributed by atoms with van der Waals surface area (Å²) in [5.41, 5.74) is 0. The highest BCUT2D eigenvalue weighted by molar-refractivity contribution is 7.09. The van der Waals surface area contributed by atoms with Gasteiger partial charge in [0.2, 0.25) is 5.91 Å². The molecule has 14 heavy (non-hydrogen) atoms. The molecule has 0 aliphatic rings. The van der Waals surface area contributed by atoms with Gasteiger partial charge in [-0.15, -0.1) is 11.3 Å². The average Bonchev–Trinajstić information content (AvgIpc) is 2.68. The summed E-state index contributed by atoms with van der Waals surface area (Å²) in [5.74, 6) is 0.217. The third kappa shape index (κ3) is 2.84. The van der Waals surface area contributed by atoms with E-state index in [0.717, 1.165) is 6.42 Å². The lowest BCUT2D eigenvalue weighted by molar-refractivity contribution is -0.131. The highest BCUT2D eigenvalue weighted by atomic mass is 32.1. The van der Waals surface area contributed by atoms with Crippen LogP contribution in [0, 0.1) is 0 Å². The second-order valence-corrected chi connectivity index (χ2v) is 4.52. The third-order valence-corrected chi connectivity index (χ3v) is 3.33. The van der Waals surface area contributed by atoms with Crippen LogP contribution in [0.4, 0.5) is 0 Å². The molecule has 1 unspecified atom stereocenters. The van der Waals surface area contributed by atoms with Crippen LogP contribution in [0.5, 0.6) is 0 Å². The predicted molar refractivity (Wildman–Crippen MR) is 60.5 cm³/mol. The van der Waals surface area contributed by atoms with Gasteiger partial charge in [0.25, 0.3) is 0 Å². The van der Waals surface area contributed by atoms with Crippen LogP contribution in [0.15, 0.2) is 17.5 Å². The summed E-state index contributed by atoms with van der Waals surface area (Å²) in [6, 6.07) is 4.46. The molecule has 0 aliphatic heterocycles. The molecule has 0 spiro atoms. The quantitative estimate of drug-likeness (QED) is 0.749. The lowest BCUT2D eigenvalue weighted by Crippen LogP contribution is -2.35. The second-order valence-electron chi connectivity index (χ2n) is 3.49. The largest absolute Gasteiger partial charge is 0.343 e. The lowest BCUT2D eigenvalue weighted by Gasteiger charge is -2.24. The molecule has 0 aliphatic carbocycles. The first kappa shape index (κ1) is 11.2. The Bertz CT molecular complexity index is 281. The molecule has 0 fully saturated rings. The first-order valence-corrected chi connectivity index (χ1v) is 5.81. The van der Waals surface area contributed by atoms with Crippen molar-refractivity contribution < 1.29 is 4.79 Å². The van der Waals surface area contributed by atoms with Gasteiger partial charge in [-0.05, 0) is 18.4 Å². The van der Waals surface area contributed by atoms with Crippen LogP contribution in [0.3, 0.4) is 0 Å². The summed E-state index contributed by atoms with van der Waals surface area (Å²) < 4.78 is 0. The van der Waals surface area contributed by atoms with E-state index in [2.05, 4.69) is 18.4 Å². The summed E-state index contributed by atoms with van der Waals surface area (Å²) in [6.45, 7) is 3.99. The van der Waals surface area contributed by atoms with Crippen molar-refractivity contribution in [2.75, 3.05) is 7.05 Å². The molecule has 0 N–H and O–H groups in total. The molecule has 1 atom stereocenters. The van der Waals surface area contributed by atoms with Gasteiger partial charge in [-0.3, -0.25) is 4.79 Å². The first-order valence-electron chi connectivity index (χ1n) is 4.93. The van der Waals surface area contributed by atoms with Crippen molar-refractivity contribution >= 4 is 17.2 Å². The fraction of sp³-hybridized carbons (Fsp3) is 0.545. The maximum atomic E-state index is 11.4. The summed E-state index contributed by atoms with van der Waals surface area (Å²) in [4.78, 5) is 14.6. The van der Waals surface area contributed by atoms with Gasteiger partial charge in [-0.1, -0.05) is 13.0 Å². The van der Waals surface area contributed by atoms with E-state index in [1.165, 1.54) is 4.88 Å². The van der Waals surface area contributed by atoms with E-state index in [4.69, 9.17) is 0 Å². The Morgan fingerprint density at radius 1 is 1.64 bits per heavy atom. The molecule has 1 aromatic rings. The molecule has 78 valence electrons. The number of rotatable bonds is 4. The zero-order valence-electron chi connectivity index (χ0n) is 8.99. The number of carbonyl (C=O) groups excluding carboxylic acids is 1. The predicted octanol–water partition coefficient (Wildman–Crippen LogP) is 2.55. The van der Waals surface area contributed by atoms with Gasteiger partial charge >= 0.3 is 0 Å². The highest BCUT2D eigenvalue weighted by Gasteiger charge is 2.14. The van der Waals surface area contributed by atoms with Crippen molar-refractivity contribution in [3.8, 4) is 0 Å². The number of likely N-dealkylation sites (N-methyl/N-ethyl adjacent to an activating group) is 1. The molecule has 1 aromatic heterocycles. The normalized spacial score (nSPS) is 12.5. The van der Waals surface area contributed by atoms with Crippen molar-refractivity contribution in [1.29, 1.82) is 0 Å². The zero-order valence-corrected chi connectivity index (χ0v) is 9.80. The average molecular weight is 211 g/mol. The molecular formula is C11H17NOS. The van der Waals surface area contributed by atoms with Gasteiger partial charge in [0.05, 0.1) is 0 Å². The van der Waals surface area contributed by atoms with Crippen molar-refractivity contribution in [3.63, 3.8) is 0 Å². The molecule has 0 saturated carbocycles. The summed E-state index contributed by atoms with van der Waals surface area (Å²) in [6.07, 6.45) is 1.55. The molecule has 0 radical (unpaired) electrons. The number of thiophene rings is 1. The molecule has 3 heteroatoms. The van der Waals surface area contributed by atoms with Crippen molar-refractivity contribution in [3.05, 3.63) is 22.4 Å². The second kappa shape index (κ2) is 5.15. The molecular weight excluding hydrogens is 194 g/mol. The number of hydrogen-bond donors (Lipinski definition) is 0. The van der Waals surface area contributed by atoms with E-state index in [1.54, 1.807) is 11.3 Å². The highest BCUT2D eigenvalue weighted by Crippen LogP contribution is 2.13. The van der Waals surface area contributed by atoms with Crippen molar-refractivity contribution in [2.24, 2.45) is 0 Å². The Hall–Kier alpha value is -0.830. The zero-order chi connectivity index (χ0) is 10.6. The van der Waals surface area contributed by atoms with Crippen LogP contribution in [-0.4, -0.2) is 23.9 Å². The van der Waals surface area contributed by atoms with Crippen LogP contribution < -0.4 is 0 Å². The van der Waals surface area contributed by atoms with Crippen LogP contribution in [0.1, 0.15) is 25.1 Å². The van der Waals surface area contributed by atoms with E-state index in [-0.39, 0.29) is 5.91 Å². The van der Waals surface area contributed by atoms with Gasteiger partial charge < -0.3 is 4.90 Å². The van der Waals surface area contributed by atoms with E-state index in [1.807, 2.05) is 24.9 Å². The standard InChI is InChI=1S/C11H17NOS/c1-4-11(13)12(3)9(2)8-10-6-5-7-14-10/h5-7,9H,4,8H2,1-3H3. The number of hydrogen-bond acceptors (Lipinski definition) is 2. The summed E-state index contributed by atoms with van der Waals surface area (Å²) in [7, 11) is 1.88. The Kier molecular flexibility index (Phi) is 4.14. The van der Waals surface area contributed by atoms with Crippen LogP contribution in [-0.2, 0) is 11.2 Å². The first-order chi connectivity index (χ1) is 6.65. The molecule has 2 nitrogen and oxygen atoms in total. The Morgan fingerprint density at radius 3 is 2.86 bits per heavy atom. The van der Waals surface area contributed by atoms with E-state index >= 15 is 0 Å². The van der Waals surface area contributed by atoms with Crippen LogP contribution >= 0.6 is 11.3 Å². The van der Waals surface area contributed by atoms with E-state index in [9.17, 15) is 4.79 Å². The fourth-order valence-electron chi connectivity index (χ4n) is 1.35. The molecule has 0 aromatic carbocycles. The van der Waals surface area contributed by atoms with Crippen molar-refractivity contribution in [1.82, 2.24) is 4.90 Å². The minimum atomic E-state index is 0.217. The summed E-state index contributed by atoms with van der Waals surface area (Å²) >= 11 is 1.75. The maximum Gasteiger partial charge on any atom is 0.222 e. The molecule has 0 bridgehead atoms. The van der Waals surface area contributed by atoms with Gasteiger partial charge in [0.1, 0.15) is 0 Å². The third-order valence-electron chi connectivity index (χ3n) is 2.43. The Morgan fingerprint density at radius 2 is 2.36 bits per heavy atom. The van der Waals surface area contributed by atoms with Gasteiger partial charge in [-0.25, -0.2) is 0 Å². The smallest absolute Gasteiger partial charge is 0.222 e. The van der Waals surface area contributed by atoms with E-state index < -0.39 is 0 Å². The molecule has 1 amide bonds. The van der Waals surface area contributed by atoms with E-state index in [0.29, 0.717) is 12.5 Å². The number of nitrogens with zero attached hydrogens (tertiary/aromatic N) is 1. The summed E-state index contributed by atoms with van der Waals surface area (Å²) in [5, 5.41) is 2.07. The lowest BCUT2D eigenvalue weighted by atomic mass is 10.2. The SMILES string of the molecule is CCC(=O)N(C)C(C)Cc1cccs1. The minimum Gasteiger partial charge on any atom is -0.343 e. The van der Waals surface area contributed by atoms with Crippen LogP contribution in [0.2, 0.25) is 0 Å². The van der Waals surface area contributed by atoms with Crippen LogP contribution in [0.25, 0.3) is 0 Å². The molecule has 0 saturated heterocycles.